The standard InChI is InChI=1S/C12H12N4O2S/c13-11(19)7-18-10-4-2-1-3-8(10)15-12(17)9-5-6-14-16-9/h1-6H,7H2,(H2,13,19)(H,14,16)(H,15,17). The van der Waals surface area contributed by atoms with Crippen molar-refractivity contribution in [3.63, 3.8) is 0 Å². The normalized spacial score (nSPS) is 9.89. The van der Waals surface area contributed by atoms with E-state index >= 15 is 0 Å². The van der Waals surface area contributed by atoms with Crippen LogP contribution in [-0.4, -0.2) is 27.7 Å². The molecule has 0 radical (unpaired) electrons. The molecule has 0 spiro atoms. The molecule has 2 aromatic rings. The molecule has 1 amide bonds. The van der Waals surface area contributed by atoms with E-state index in [4.69, 9.17) is 22.7 Å². The Morgan fingerprint density at radius 1 is 1.42 bits per heavy atom. The van der Waals surface area contributed by atoms with Crippen molar-refractivity contribution in [3.05, 3.63) is 42.2 Å². The highest BCUT2D eigenvalue weighted by atomic mass is 32.1. The molecule has 1 aromatic carbocycles. The molecule has 0 bridgehead atoms. The number of para-hydroxylation sites is 2. The number of amides is 1. The molecular weight excluding hydrogens is 264 g/mol. The van der Waals surface area contributed by atoms with Crippen LogP contribution in [0.5, 0.6) is 5.75 Å². The van der Waals surface area contributed by atoms with Gasteiger partial charge in [0.15, 0.2) is 0 Å². The van der Waals surface area contributed by atoms with Crippen LogP contribution < -0.4 is 15.8 Å². The summed E-state index contributed by atoms with van der Waals surface area (Å²) in [5.74, 6) is 0.201. The average molecular weight is 276 g/mol. The Bertz CT molecular complexity index is 583. The van der Waals surface area contributed by atoms with Gasteiger partial charge >= 0.3 is 0 Å². The van der Waals surface area contributed by atoms with E-state index in [-0.39, 0.29) is 17.5 Å². The molecule has 0 fully saturated rings. The predicted molar refractivity (Wildman–Crippen MR) is 75.3 cm³/mol. The summed E-state index contributed by atoms with van der Waals surface area (Å²) in [6.45, 7) is 0.117. The smallest absolute Gasteiger partial charge is 0.273 e. The predicted octanol–water partition coefficient (Wildman–Crippen LogP) is 1.33. The molecule has 0 saturated heterocycles. The number of nitrogens with zero attached hydrogens (tertiary/aromatic N) is 1. The number of anilines is 1. The number of rotatable bonds is 5. The Morgan fingerprint density at radius 3 is 2.89 bits per heavy atom. The number of hydrogen-bond donors (Lipinski definition) is 3. The van der Waals surface area contributed by atoms with Crippen LogP contribution in [0, 0.1) is 0 Å². The molecule has 1 heterocycles. The van der Waals surface area contributed by atoms with Crippen molar-refractivity contribution in [2.45, 2.75) is 0 Å². The lowest BCUT2D eigenvalue weighted by atomic mass is 10.3. The number of carbonyl (C=O) groups excluding carboxylic acids is 1. The van der Waals surface area contributed by atoms with E-state index in [2.05, 4.69) is 15.5 Å². The van der Waals surface area contributed by atoms with Crippen LogP contribution in [0.3, 0.4) is 0 Å². The van der Waals surface area contributed by atoms with Crippen LogP contribution in [-0.2, 0) is 0 Å². The van der Waals surface area contributed by atoms with Crippen molar-refractivity contribution in [1.29, 1.82) is 0 Å². The Labute approximate surface area is 115 Å². The lowest BCUT2D eigenvalue weighted by Crippen LogP contribution is -2.19. The minimum atomic E-state index is -0.302. The molecule has 0 aliphatic rings. The molecule has 0 saturated carbocycles. The van der Waals surface area contributed by atoms with Gasteiger partial charge < -0.3 is 15.8 Å². The van der Waals surface area contributed by atoms with Gasteiger partial charge in [-0.1, -0.05) is 24.4 Å². The number of ether oxygens (including phenoxy) is 1. The first-order valence-corrected chi connectivity index (χ1v) is 5.88. The van der Waals surface area contributed by atoms with Crippen LogP contribution in [0.4, 0.5) is 5.69 Å². The van der Waals surface area contributed by atoms with Crippen molar-refractivity contribution in [3.8, 4) is 5.75 Å². The summed E-state index contributed by atoms with van der Waals surface area (Å²) in [6, 6.07) is 8.61. The molecule has 98 valence electrons. The van der Waals surface area contributed by atoms with Crippen molar-refractivity contribution < 1.29 is 9.53 Å². The topological polar surface area (TPSA) is 93.0 Å². The van der Waals surface area contributed by atoms with Crippen molar-refractivity contribution in [2.24, 2.45) is 5.73 Å². The molecule has 1 aromatic heterocycles. The summed E-state index contributed by atoms with van der Waals surface area (Å²) in [5.41, 5.74) is 6.28. The van der Waals surface area contributed by atoms with Crippen LogP contribution in [0.15, 0.2) is 36.5 Å². The minimum Gasteiger partial charge on any atom is -0.484 e. The Morgan fingerprint density at radius 2 is 2.21 bits per heavy atom. The van der Waals surface area contributed by atoms with Gasteiger partial charge in [-0.05, 0) is 18.2 Å². The number of H-pyrrole nitrogens is 1. The number of thiocarbonyl (C=S) groups is 1. The van der Waals surface area contributed by atoms with E-state index in [9.17, 15) is 4.79 Å². The average Bonchev–Trinajstić information content (AvgIpc) is 2.91. The van der Waals surface area contributed by atoms with E-state index in [1.807, 2.05) is 0 Å². The van der Waals surface area contributed by atoms with Gasteiger partial charge in [0.05, 0.1) is 5.69 Å². The van der Waals surface area contributed by atoms with Crippen LogP contribution in [0.2, 0.25) is 0 Å². The van der Waals surface area contributed by atoms with Gasteiger partial charge in [-0.3, -0.25) is 9.89 Å². The quantitative estimate of drug-likeness (QED) is 0.716. The third kappa shape index (κ3) is 3.52. The number of aromatic amines is 1. The van der Waals surface area contributed by atoms with E-state index in [0.29, 0.717) is 17.1 Å². The van der Waals surface area contributed by atoms with Gasteiger partial charge in [-0.25, -0.2) is 0 Å². The highest BCUT2D eigenvalue weighted by Crippen LogP contribution is 2.24. The first-order chi connectivity index (χ1) is 9.16. The molecular formula is C12H12N4O2S. The number of aromatic nitrogens is 2. The Hall–Kier alpha value is -2.41. The summed E-state index contributed by atoms with van der Waals surface area (Å²) in [4.78, 5) is 12.1. The third-order valence-corrected chi connectivity index (χ3v) is 2.37. The van der Waals surface area contributed by atoms with Crippen LogP contribution in [0.25, 0.3) is 0 Å². The fraction of sp³-hybridized carbons (Fsp3) is 0.0833. The maximum atomic E-state index is 11.9. The second-order valence-corrected chi connectivity index (χ2v) is 4.20. The maximum Gasteiger partial charge on any atom is 0.273 e. The van der Waals surface area contributed by atoms with Crippen LogP contribution in [0.1, 0.15) is 10.5 Å². The molecule has 2 rings (SSSR count). The van der Waals surface area contributed by atoms with Gasteiger partial charge in [0, 0.05) is 6.20 Å². The van der Waals surface area contributed by atoms with E-state index in [0.717, 1.165) is 0 Å². The number of nitrogens with one attached hydrogen (secondary N) is 2. The van der Waals surface area contributed by atoms with Gasteiger partial charge in [-0.2, -0.15) is 5.10 Å². The van der Waals surface area contributed by atoms with Gasteiger partial charge in [0.1, 0.15) is 23.0 Å². The monoisotopic (exact) mass is 276 g/mol. The highest BCUT2D eigenvalue weighted by Gasteiger charge is 2.10. The molecule has 19 heavy (non-hydrogen) atoms. The summed E-state index contributed by atoms with van der Waals surface area (Å²) in [7, 11) is 0. The first kappa shape index (κ1) is 13.0. The molecule has 4 N–H and O–H groups in total. The number of nitrogens with two attached hydrogens (primary N) is 1. The summed E-state index contributed by atoms with van der Waals surface area (Å²) in [5, 5.41) is 9.02. The van der Waals surface area contributed by atoms with E-state index in [1.54, 1.807) is 30.3 Å². The zero-order valence-corrected chi connectivity index (χ0v) is 10.7. The van der Waals surface area contributed by atoms with Crippen molar-refractivity contribution >= 4 is 28.8 Å². The van der Waals surface area contributed by atoms with E-state index in [1.165, 1.54) is 6.20 Å². The zero-order valence-electron chi connectivity index (χ0n) is 9.92. The van der Waals surface area contributed by atoms with Gasteiger partial charge in [0.2, 0.25) is 0 Å². The maximum absolute atomic E-state index is 11.9. The van der Waals surface area contributed by atoms with Gasteiger partial charge in [0.25, 0.3) is 5.91 Å². The first-order valence-electron chi connectivity index (χ1n) is 5.47. The molecule has 0 aliphatic heterocycles. The third-order valence-electron chi connectivity index (χ3n) is 2.25. The van der Waals surface area contributed by atoms with Crippen molar-refractivity contribution in [1.82, 2.24) is 10.2 Å². The summed E-state index contributed by atoms with van der Waals surface area (Å²) in [6.07, 6.45) is 1.50. The molecule has 0 aliphatic carbocycles. The lowest BCUT2D eigenvalue weighted by molar-refractivity contribution is 0.102. The zero-order chi connectivity index (χ0) is 13.7. The highest BCUT2D eigenvalue weighted by molar-refractivity contribution is 7.80. The Balaban J connectivity index is 2.11. The SMILES string of the molecule is NC(=S)COc1ccccc1NC(=O)c1ccn[nH]1. The number of benzene rings is 1. The van der Waals surface area contributed by atoms with Crippen molar-refractivity contribution in [2.75, 3.05) is 11.9 Å². The van der Waals surface area contributed by atoms with Crippen LogP contribution >= 0.6 is 12.2 Å². The summed E-state index contributed by atoms with van der Waals surface area (Å²) >= 11 is 4.74. The lowest BCUT2D eigenvalue weighted by Gasteiger charge is -2.11. The van der Waals surface area contributed by atoms with E-state index < -0.39 is 0 Å². The van der Waals surface area contributed by atoms with Gasteiger partial charge in [-0.15, -0.1) is 0 Å². The molecule has 0 unspecified atom stereocenters. The number of hydrogen-bond acceptors (Lipinski definition) is 4. The molecule has 7 heteroatoms. The molecule has 0 atom stereocenters. The largest absolute Gasteiger partial charge is 0.484 e. The minimum absolute atomic E-state index is 0.117. The second kappa shape index (κ2) is 5.96. The summed E-state index contributed by atoms with van der Waals surface area (Å²) < 4.78 is 5.41. The molecule has 6 nitrogen and oxygen atoms in total. The second-order valence-electron chi connectivity index (χ2n) is 3.68. The Kier molecular flexibility index (Phi) is 4.09. The fourth-order valence-electron chi connectivity index (χ4n) is 1.42. The fourth-order valence-corrected chi connectivity index (χ4v) is 1.48. The number of carbonyl (C=O) groups is 1.